The maximum absolute atomic E-state index is 10.1. The molecule has 0 aliphatic heterocycles. The molecule has 0 unspecified atom stereocenters. The second kappa shape index (κ2) is 11.2. The van der Waals surface area contributed by atoms with Crippen LogP contribution in [0.1, 0.15) is 53.1 Å². The van der Waals surface area contributed by atoms with Gasteiger partial charge in [-0.05, 0) is 67.0 Å². The van der Waals surface area contributed by atoms with E-state index < -0.39 is 0 Å². The summed E-state index contributed by atoms with van der Waals surface area (Å²) in [6, 6.07) is 17.9. The van der Waals surface area contributed by atoms with Crippen molar-refractivity contribution < 1.29 is 9.47 Å². The number of hydrogen-bond donors (Lipinski definition) is 0. The zero-order valence-electron chi connectivity index (χ0n) is 23.0. The molecule has 202 valence electrons. The molecule has 1 aliphatic carbocycles. The second-order valence-electron chi connectivity index (χ2n) is 10.2. The molecule has 0 radical (unpaired) electrons. The summed E-state index contributed by atoms with van der Waals surface area (Å²) >= 11 is 8.32. The summed E-state index contributed by atoms with van der Waals surface area (Å²) in [5.41, 5.74) is 5.97. The van der Waals surface area contributed by atoms with Gasteiger partial charge in [0.1, 0.15) is 16.2 Å². The van der Waals surface area contributed by atoms with Crippen molar-refractivity contribution in [1.82, 2.24) is 9.78 Å². The third kappa shape index (κ3) is 5.21. The number of thiophene rings is 1. The molecular formula is C32H29ClN4O2S. The molecule has 1 aliphatic rings. The first-order valence-electron chi connectivity index (χ1n) is 12.8. The van der Waals surface area contributed by atoms with Crippen LogP contribution in [0.4, 0.5) is 5.00 Å². The molecule has 5 rings (SSSR count). The maximum Gasteiger partial charge on any atom is 0.161 e. The smallest absolute Gasteiger partial charge is 0.161 e. The number of ether oxygens (including phenoxy) is 2. The topological polar surface area (TPSA) is 72.4 Å². The molecule has 4 aromatic rings. The average molecular weight is 569 g/mol. The van der Waals surface area contributed by atoms with Crippen LogP contribution in [0.15, 0.2) is 65.2 Å². The Bertz CT molecular complexity index is 1700. The molecule has 2 aromatic carbocycles. The molecule has 8 heteroatoms. The SMILES string of the molecule is COc1ccc(C=Nc2sc3c(c2C#N)C=C(C=Cc2c(C)nn(-c4ccccc4)c2Cl)CC3(C)C)cc1OC. The van der Waals surface area contributed by atoms with Crippen LogP contribution in [0.25, 0.3) is 17.8 Å². The van der Waals surface area contributed by atoms with E-state index in [1.165, 1.54) is 0 Å². The van der Waals surface area contributed by atoms with E-state index >= 15 is 0 Å². The lowest BCUT2D eigenvalue weighted by molar-refractivity contribution is 0.355. The summed E-state index contributed by atoms with van der Waals surface area (Å²) in [4.78, 5) is 5.88. The van der Waals surface area contributed by atoms with Crippen LogP contribution in [0.3, 0.4) is 0 Å². The summed E-state index contributed by atoms with van der Waals surface area (Å²) in [6.45, 7) is 6.37. The van der Waals surface area contributed by atoms with Crippen molar-refractivity contribution in [3.05, 3.63) is 98.2 Å². The quantitative estimate of drug-likeness (QED) is 0.210. The van der Waals surface area contributed by atoms with Crippen molar-refractivity contribution in [3.8, 4) is 23.3 Å². The second-order valence-corrected chi connectivity index (χ2v) is 11.5. The molecule has 0 atom stereocenters. The Kier molecular flexibility index (Phi) is 7.66. The summed E-state index contributed by atoms with van der Waals surface area (Å²) in [5, 5.41) is 16.0. The average Bonchev–Trinajstić information content (AvgIpc) is 3.46. The van der Waals surface area contributed by atoms with E-state index in [-0.39, 0.29) is 5.41 Å². The highest BCUT2D eigenvalue weighted by Gasteiger charge is 2.33. The number of allylic oxidation sites excluding steroid dienone is 2. The third-order valence-corrected chi connectivity index (χ3v) is 8.72. The number of nitrogens with zero attached hydrogens (tertiary/aromatic N) is 4. The number of aliphatic imine (C=N–C) groups is 1. The largest absolute Gasteiger partial charge is 0.493 e. The van der Waals surface area contributed by atoms with Gasteiger partial charge in [-0.3, -0.25) is 0 Å². The van der Waals surface area contributed by atoms with Gasteiger partial charge in [0, 0.05) is 27.6 Å². The number of nitriles is 1. The first-order chi connectivity index (χ1) is 19.2. The van der Waals surface area contributed by atoms with Gasteiger partial charge in [0.2, 0.25) is 0 Å². The number of hydrogen-bond acceptors (Lipinski definition) is 6. The number of rotatable bonds is 7. The molecule has 0 saturated heterocycles. The fourth-order valence-corrected chi connectivity index (χ4v) is 6.41. The maximum atomic E-state index is 10.1. The first-order valence-corrected chi connectivity index (χ1v) is 14.0. The Hall–Kier alpha value is -4.12. The molecule has 0 amide bonds. The molecule has 2 heterocycles. The Balaban J connectivity index is 1.48. The fourth-order valence-electron chi connectivity index (χ4n) is 4.90. The van der Waals surface area contributed by atoms with Crippen LogP contribution >= 0.6 is 22.9 Å². The number of methoxy groups -OCH3 is 2. The van der Waals surface area contributed by atoms with Crippen molar-refractivity contribution in [2.24, 2.45) is 4.99 Å². The Morgan fingerprint density at radius 3 is 2.55 bits per heavy atom. The molecule has 2 aromatic heterocycles. The lowest BCUT2D eigenvalue weighted by atomic mass is 9.77. The van der Waals surface area contributed by atoms with Crippen LogP contribution in [0.2, 0.25) is 5.15 Å². The zero-order valence-corrected chi connectivity index (χ0v) is 24.6. The molecular weight excluding hydrogens is 540 g/mol. The van der Waals surface area contributed by atoms with Crippen molar-refractivity contribution >= 4 is 46.3 Å². The van der Waals surface area contributed by atoms with E-state index in [9.17, 15) is 5.26 Å². The number of aryl methyl sites for hydroxylation is 1. The van der Waals surface area contributed by atoms with Gasteiger partial charge < -0.3 is 9.47 Å². The van der Waals surface area contributed by atoms with Crippen LogP contribution in [-0.2, 0) is 5.41 Å². The molecule has 0 spiro atoms. The number of para-hydroxylation sites is 1. The van der Waals surface area contributed by atoms with Crippen LogP contribution in [0, 0.1) is 18.3 Å². The predicted molar refractivity (Wildman–Crippen MR) is 164 cm³/mol. The highest BCUT2D eigenvalue weighted by Crippen LogP contribution is 2.48. The number of benzene rings is 2. The molecule has 0 saturated carbocycles. The summed E-state index contributed by atoms with van der Waals surface area (Å²) < 4.78 is 12.5. The lowest BCUT2D eigenvalue weighted by Gasteiger charge is -2.29. The van der Waals surface area contributed by atoms with Crippen LogP contribution in [0.5, 0.6) is 11.5 Å². The summed E-state index contributed by atoms with van der Waals surface area (Å²) in [7, 11) is 3.21. The zero-order chi connectivity index (χ0) is 28.4. The third-order valence-electron chi connectivity index (χ3n) is 6.88. The Morgan fingerprint density at radius 2 is 1.85 bits per heavy atom. The normalized spacial score (nSPS) is 14.3. The standard InChI is InChI=1S/C32H29ClN4O2S/c1-20-24(30(33)37(36-20)23-9-7-6-8-10-23)13-11-21-15-25-26(18-34)31(40-29(25)32(2,3)17-21)35-19-22-12-14-27(38-4)28(16-22)39-5/h6-16,19H,17H2,1-5H3. The summed E-state index contributed by atoms with van der Waals surface area (Å²) in [6.07, 6.45) is 8.79. The van der Waals surface area contributed by atoms with E-state index in [0.29, 0.717) is 27.2 Å². The highest BCUT2D eigenvalue weighted by molar-refractivity contribution is 7.16. The van der Waals surface area contributed by atoms with Gasteiger partial charge in [0.15, 0.2) is 11.5 Å². The van der Waals surface area contributed by atoms with Crippen LogP contribution in [-0.4, -0.2) is 30.2 Å². The molecule has 0 N–H and O–H groups in total. The first kappa shape index (κ1) is 27.4. The van der Waals surface area contributed by atoms with Crippen LogP contribution < -0.4 is 9.47 Å². The lowest BCUT2D eigenvalue weighted by Crippen LogP contribution is -2.20. The van der Waals surface area contributed by atoms with E-state index in [4.69, 9.17) is 26.1 Å². The Labute approximate surface area is 243 Å². The monoisotopic (exact) mass is 568 g/mol. The van der Waals surface area contributed by atoms with Gasteiger partial charge in [0.25, 0.3) is 0 Å². The van der Waals surface area contributed by atoms with Gasteiger partial charge in [-0.25, -0.2) is 9.67 Å². The minimum absolute atomic E-state index is 0.163. The Morgan fingerprint density at radius 1 is 1.10 bits per heavy atom. The van der Waals surface area contributed by atoms with Gasteiger partial charge in [-0.15, -0.1) is 11.3 Å². The number of aromatic nitrogens is 2. The van der Waals surface area contributed by atoms with Gasteiger partial charge in [-0.2, -0.15) is 10.4 Å². The number of halogens is 1. The fraction of sp³-hybridized carbons (Fsp3) is 0.219. The molecule has 40 heavy (non-hydrogen) atoms. The van der Waals surface area contributed by atoms with E-state index in [0.717, 1.165) is 44.9 Å². The molecule has 0 bridgehead atoms. The van der Waals surface area contributed by atoms with Crippen molar-refractivity contribution in [2.75, 3.05) is 14.2 Å². The minimum atomic E-state index is -0.163. The summed E-state index contributed by atoms with van der Waals surface area (Å²) in [5.74, 6) is 1.28. The van der Waals surface area contributed by atoms with E-state index in [1.807, 2.05) is 61.5 Å². The van der Waals surface area contributed by atoms with Gasteiger partial charge in [0.05, 0.1) is 31.2 Å². The highest BCUT2D eigenvalue weighted by atomic mass is 35.5. The number of fused-ring (bicyclic) bond motifs is 1. The minimum Gasteiger partial charge on any atom is -0.493 e. The van der Waals surface area contributed by atoms with Crippen molar-refractivity contribution in [2.45, 2.75) is 32.6 Å². The molecule has 0 fully saturated rings. The van der Waals surface area contributed by atoms with Crippen molar-refractivity contribution in [1.29, 1.82) is 5.26 Å². The molecule has 6 nitrogen and oxygen atoms in total. The van der Waals surface area contributed by atoms with Crippen molar-refractivity contribution in [3.63, 3.8) is 0 Å². The van der Waals surface area contributed by atoms with Gasteiger partial charge in [-0.1, -0.05) is 49.7 Å². The predicted octanol–water partition coefficient (Wildman–Crippen LogP) is 8.31. The van der Waals surface area contributed by atoms with Gasteiger partial charge >= 0.3 is 0 Å². The van der Waals surface area contributed by atoms with E-state index in [2.05, 4.69) is 37.2 Å². The van der Waals surface area contributed by atoms with E-state index in [1.54, 1.807) is 36.5 Å².